The molecule has 2 N–H and O–H groups in total. The van der Waals surface area contributed by atoms with Crippen LogP contribution in [0.1, 0.15) is 27.0 Å². The van der Waals surface area contributed by atoms with Crippen LogP contribution in [0.25, 0.3) is 22.6 Å². The summed E-state index contributed by atoms with van der Waals surface area (Å²) in [6, 6.07) is 14.6. The molecule has 33 heavy (non-hydrogen) atoms. The molecule has 4 aromatic rings. The summed E-state index contributed by atoms with van der Waals surface area (Å²) in [5, 5.41) is 6.32. The number of thiocarbonyl (C=S) groups is 1. The molecule has 0 unspecified atom stereocenters. The van der Waals surface area contributed by atoms with Gasteiger partial charge in [-0.3, -0.25) is 10.1 Å². The van der Waals surface area contributed by atoms with E-state index in [9.17, 15) is 4.79 Å². The number of nitrogens with zero attached hydrogens (tertiary/aromatic N) is 1. The summed E-state index contributed by atoms with van der Waals surface area (Å²) >= 11 is 11.4. The molecule has 0 atom stereocenters. The topological polar surface area (TPSA) is 76.4 Å². The molecule has 0 aliphatic carbocycles. The van der Waals surface area contributed by atoms with Gasteiger partial charge in [-0.15, -0.1) is 0 Å². The number of rotatable bonds is 4. The first-order valence-electron chi connectivity index (χ1n) is 10.2. The number of aromatic nitrogens is 1. The van der Waals surface area contributed by atoms with E-state index in [1.807, 2.05) is 51.1 Å². The third-order valence-corrected chi connectivity index (χ3v) is 5.81. The fraction of sp³-hybridized carbons (Fsp3) is 0.160. The van der Waals surface area contributed by atoms with Gasteiger partial charge in [0.1, 0.15) is 11.3 Å². The molecule has 0 aliphatic rings. The van der Waals surface area contributed by atoms with Crippen LogP contribution < -0.4 is 15.4 Å². The second-order valence-electron chi connectivity index (χ2n) is 7.71. The van der Waals surface area contributed by atoms with E-state index in [4.69, 9.17) is 33.0 Å². The van der Waals surface area contributed by atoms with E-state index in [1.165, 1.54) is 13.2 Å². The van der Waals surface area contributed by atoms with Gasteiger partial charge < -0.3 is 14.5 Å². The molecule has 4 rings (SSSR count). The highest BCUT2D eigenvalue weighted by atomic mass is 35.5. The third kappa shape index (κ3) is 4.84. The van der Waals surface area contributed by atoms with Crippen LogP contribution in [-0.4, -0.2) is 23.1 Å². The molecular formula is C25H22ClN3O3S. The van der Waals surface area contributed by atoms with Crippen LogP contribution in [0.5, 0.6) is 5.75 Å². The average molecular weight is 480 g/mol. The normalized spacial score (nSPS) is 10.8. The minimum atomic E-state index is -0.426. The van der Waals surface area contributed by atoms with Crippen molar-refractivity contribution in [2.45, 2.75) is 20.8 Å². The largest absolute Gasteiger partial charge is 0.496 e. The van der Waals surface area contributed by atoms with Crippen molar-refractivity contribution in [2.24, 2.45) is 0 Å². The van der Waals surface area contributed by atoms with Crippen LogP contribution in [0.2, 0.25) is 5.02 Å². The Morgan fingerprint density at radius 2 is 1.79 bits per heavy atom. The monoisotopic (exact) mass is 479 g/mol. The number of oxazole rings is 1. The second kappa shape index (κ2) is 9.21. The molecule has 6 nitrogen and oxygen atoms in total. The average Bonchev–Trinajstić information content (AvgIpc) is 3.18. The van der Waals surface area contributed by atoms with Gasteiger partial charge in [0.25, 0.3) is 5.91 Å². The number of amides is 1. The van der Waals surface area contributed by atoms with Crippen molar-refractivity contribution in [3.63, 3.8) is 0 Å². The number of hydrogen-bond donors (Lipinski definition) is 2. The number of fused-ring (bicyclic) bond motifs is 1. The minimum Gasteiger partial charge on any atom is -0.496 e. The van der Waals surface area contributed by atoms with E-state index in [1.54, 1.807) is 12.1 Å². The molecule has 3 aromatic carbocycles. The van der Waals surface area contributed by atoms with Crippen molar-refractivity contribution >= 4 is 51.6 Å². The number of carbonyl (C=O) groups excluding carboxylic acids is 1. The zero-order chi connectivity index (χ0) is 23.7. The highest BCUT2D eigenvalue weighted by Crippen LogP contribution is 2.29. The summed E-state index contributed by atoms with van der Waals surface area (Å²) in [6.45, 7) is 6.03. The summed E-state index contributed by atoms with van der Waals surface area (Å²) in [4.78, 5) is 17.3. The molecule has 8 heteroatoms. The van der Waals surface area contributed by atoms with Gasteiger partial charge in [-0.2, -0.15) is 0 Å². The first-order valence-corrected chi connectivity index (χ1v) is 11.0. The molecule has 168 valence electrons. The van der Waals surface area contributed by atoms with E-state index in [0.29, 0.717) is 16.7 Å². The number of aryl methyl sites for hydroxylation is 3. The summed E-state index contributed by atoms with van der Waals surface area (Å²) in [5.74, 6) is 0.487. The van der Waals surface area contributed by atoms with Crippen LogP contribution in [0, 0.1) is 20.8 Å². The van der Waals surface area contributed by atoms with Gasteiger partial charge in [0.05, 0.1) is 12.7 Å². The molecule has 0 saturated heterocycles. The van der Waals surface area contributed by atoms with Crippen LogP contribution >= 0.6 is 23.8 Å². The van der Waals surface area contributed by atoms with Gasteiger partial charge >= 0.3 is 0 Å². The lowest BCUT2D eigenvalue weighted by Gasteiger charge is -2.14. The summed E-state index contributed by atoms with van der Waals surface area (Å²) in [5.41, 5.74) is 6.60. The standard InChI is InChI=1S/C25H22ClN3O3S/c1-13-5-6-16(24-27-20-9-14(2)15(3)10-22(20)32-24)11-19(13)28-25(33)29-23(30)18-12-17(26)7-8-21(18)31-4/h5-12H,1-4H3,(H2,28,29,30,33). The quantitative estimate of drug-likeness (QED) is 0.339. The molecule has 0 saturated carbocycles. The maximum atomic E-state index is 12.7. The maximum Gasteiger partial charge on any atom is 0.261 e. The van der Waals surface area contributed by atoms with Crippen LogP contribution in [0.4, 0.5) is 5.69 Å². The minimum absolute atomic E-state index is 0.145. The molecular weight excluding hydrogens is 458 g/mol. The van der Waals surface area contributed by atoms with Crippen molar-refractivity contribution < 1.29 is 13.9 Å². The predicted octanol–water partition coefficient (Wildman–Crippen LogP) is 6.21. The fourth-order valence-electron chi connectivity index (χ4n) is 3.37. The molecule has 1 amide bonds. The number of methoxy groups -OCH3 is 1. The van der Waals surface area contributed by atoms with Crippen LogP contribution in [0.15, 0.2) is 52.9 Å². The number of nitrogens with one attached hydrogen (secondary N) is 2. The number of carbonyl (C=O) groups is 1. The lowest BCUT2D eigenvalue weighted by atomic mass is 10.1. The first-order chi connectivity index (χ1) is 15.7. The zero-order valence-corrected chi connectivity index (χ0v) is 20.1. The zero-order valence-electron chi connectivity index (χ0n) is 18.6. The number of ether oxygens (including phenoxy) is 1. The second-order valence-corrected chi connectivity index (χ2v) is 8.55. The van der Waals surface area contributed by atoms with Crippen molar-refractivity contribution in [1.82, 2.24) is 10.3 Å². The number of hydrogen-bond acceptors (Lipinski definition) is 5. The Balaban J connectivity index is 1.56. The van der Waals surface area contributed by atoms with Gasteiger partial charge in [-0.05, 0) is 92.1 Å². The van der Waals surface area contributed by atoms with E-state index in [0.717, 1.165) is 39.0 Å². The highest BCUT2D eigenvalue weighted by molar-refractivity contribution is 7.80. The van der Waals surface area contributed by atoms with Crippen molar-refractivity contribution in [3.8, 4) is 17.2 Å². The summed E-state index contributed by atoms with van der Waals surface area (Å²) in [6.07, 6.45) is 0. The number of anilines is 1. The number of halogens is 1. The Hall–Kier alpha value is -3.42. The lowest BCUT2D eigenvalue weighted by Crippen LogP contribution is -2.34. The Morgan fingerprint density at radius 1 is 1.03 bits per heavy atom. The summed E-state index contributed by atoms with van der Waals surface area (Å²) < 4.78 is 11.2. The predicted molar refractivity (Wildman–Crippen MR) is 135 cm³/mol. The Bertz CT molecular complexity index is 1360. The van der Waals surface area contributed by atoms with Gasteiger partial charge in [0.2, 0.25) is 5.89 Å². The molecule has 0 fully saturated rings. The molecule has 1 heterocycles. The summed E-state index contributed by atoms with van der Waals surface area (Å²) in [7, 11) is 1.49. The van der Waals surface area contributed by atoms with Crippen LogP contribution in [0.3, 0.4) is 0 Å². The van der Waals surface area contributed by atoms with Crippen molar-refractivity contribution in [2.75, 3.05) is 12.4 Å². The van der Waals surface area contributed by atoms with Gasteiger partial charge in [0.15, 0.2) is 10.7 Å². The first kappa shape index (κ1) is 22.8. The Labute approximate surface area is 201 Å². The van der Waals surface area contributed by atoms with E-state index >= 15 is 0 Å². The smallest absolute Gasteiger partial charge is 0.261 e. The fourth-order valence-corrected chi connectivity index (χ4v) is 3.75. The Kier molecular flexibility index (Phi) is 6.35. The van der Waals surface area contributed by atoms with Gasteiger partial charge in [0, 0.05) is 16.3 Å². The van der Waals surface area contributed by atoms with Crippen molar-refractivity contribution in [3.05, 3.63) is 75.8 Å². The molecule has 1 aromatic heterocycles. The highest BCUT2D eigenvalue weighted by Gasteiger charge is 2.16. The van der Waals surface area contributed by atoms with Gasteiger partial charge in [-0.1, -0.05) is 17.7 Å². The molecule has 0 aliphatic heterocycles. The van der Waals surface area contributed by atoms with Crippen molar-refractivity contribution in [1.29, 1.82) is 0 Å². The molecule has 0 spiro atoms. The Morgan fingerprint density at radius 3 is 2.55 bits per heavy atom. The molecule has 0 bridgehead atoms. The van der Waals surface area contributed by atoms with E-state index < -0.39 is 5.91 Å². The maximum absolute atomic E-state index is 12.7. The van der Waals surface area contributed by atoms with Crippen LogP contribution in [-0.2, 0) is 0 Å². The van der Waals surface area contributed by atoms with Gasteiger partial charge in [-0.25, -0.2) is 4.98 Å². The van der Waals surface area contributed by atoms with E-state index in [2.05, 4.69) is 15.6 Å². The SMILES string of the molecule is COc1ccc(Cl)cc1C(=O)NC(=S)Nc1cc(-c2nc3cc(C)c(C)cc3o2)ccc1C. The number of benzene rings is 3. The third-order valence-electron chi connectivity index (χ3n) is 5.37. The lowest BCUT2D eigenvalue weighted by molar-refractivity contribution is 0.0974. The van der Waals surface area contributed by atoms with E-state index in [-0.39, 0.29) is 10.7 Å². The molecule has 0 radical (unpaired) electrons.